The maximum absolute atomic E-state index is 10.6. The van der Waals surface area contributed by atoms with Crippen LogP contribution in [0.15, 0.2) is 115 Å². The first kappa shape index (κ1) is 94.4. The molecular weight excluding hydrogens is 1230 g/mol. The van der Waals surface area contributed by atoms with Crippen molar-refractivity contribution in [2.45, 2.75) is 205 Å². The van der Waals surface area contributed by atoms with Crippen LogP contribution in [-0.2, 0) is 43.2 Å². The first-order valence-corrected chi connectivity index (χ1v) is 31.8. The van der Waals surface area contributed by atoms with Crippen molar-refractivity contribution in [3.63, 3.8) is 0 Å². The molecule has 27 heteroatoms. The number of nitrogens with two attached hydrogens (primary N) is 10. The Kier molecular flexibility index (Phi) is 56.9. The minimum atomic E-state index is -1.18. The zero-order valence-corrected chi connectivity index (χ0v) is 56.9. The summed E-state index contributed by atoms with van der Waals surface area (Å²) in [6.45, 7) is 14.5. The van der Waals surface area contributed by atoms with Gasteiger partial charge in [-0.1, -0.05) is 150 Å². The first-order valence-electron chi connectivity index (χ1n) is 31.8. The summed E-state index contributed by atoms with van der Waals surface area (Å²) < 4.78 is 0. The molecule has 0 spiro atoms. The molecule has 32 N–H and O–H groups in total. The fraction of sp³-hybridized carbons (Fsp3) is 0.544. The van der Waals surface area contributed by atoms with E-state index in [1.54, 1.807) is 46.8 Å². The number of hydrogen-bond acceptors (Lipinski definition) is 21. The van der Waals surface area contributed by atoms with Crippen molar-refractivity contribution in [2.75, 3.05) is 19.8 Å². The molecule has 4 aromatic carbocycles. The number of nitrogens with one attached hydrogen (secondary N) is 1. The molecule has 1 aromatic heterocycles. The predicted molar refractivity (Wildman–Crippen MR) is 374 cm³/mol. The van der Waals surface area contributed by atoms with Gasteiger partial charge in [-0.25, -0.2) is 0 Å². The number of aliphatic carboxylic acids is 5. The summed E-state index contributed by atoms with van der Waals surface area (Å²) in [4.78, 5) is 54.1. The quantitative estimate of drug-likeness (QED) is 0.0416. The van der Waals surface area contributed by atoms with E-state index in [4.69, 9.17) is 108 Å². The maximum atomic E-state index is 10.6. The Hall–Kier alpha value is -7.03. The van der Waals surface area contributed by atoms with Gasteiger partial charge in [-0.2, -0.15) is 0 Å². The van der Waals surface area contributed by atoms with Crippen LogP contribution in [0.25, 0.3) is 10.9 Å². The summed E-state index contributed by atoms with van der Waals surface area (Å²) in [5.41, 5.74) is 57.6. The number of phenols is 1. The highest BCUT2D eigenvalue weighted by Gasteiger charge is 2.18. The molecule has 1 aliphatic carbocycles. The number of aliphatic hydroxyl groups is 5. The second kappa shape index (κ2) is 57.2. The molecule has 0 aliphatic heterocycles. The fourth-order valence-corrected chi connectivity index (χ4v) is 7.40. The Balaban J connectivity index is -0.000000492. The van der Waals surface area contributed by atoms with E-state index in [1.165, 1.54) is 69.9 Å². The number of aromatic hydroxyl groups is 1. The van der Waals surface area contributed by atoms with E-state index in [9.17, 15) is 29.1 Å². The van der Waals surface area contributed by atoms with Crippen LogP contribution < -0.4 is 57.3 Å². The summed E-state index contributed by atoms with van der Waals surface area (Å²) in [6, 6.07) is 28.6. The number of para-hydroxylation sites is 1. The number of aliphatic hydroxyl groups excluding tert-OH is 5. The molecule has 5 aromatic rings. The molecule has 1 heterocycles. The van der Waals surface area contributed by atoms with Gasteiger partial charge < -0.3 is 118 Å². The Bertz CT molecular complexity index is 2690. The van der Waals surface area contributed by atoms with Gasteiger partial charge in [0.2, 0.25) is 0 Å². The number of aromatic nitrogens is 1. The average Bonchev–Trinajstić information content (AvgIpc) is 1.73. The first-order chi connectivity index (χ1) is 44.4. The standard InChI is InChI=1S/C11H12N2O2.C9H11NO3.C9H11NO2.C9H13NO.C8H17N.C7H17N.C5H11NO2.C4H11NO2.C3H7NO3.C3H9NO/c12-9(11(14)15)5-7-6-13-10-4-2-1-3-8(7)10;10-8(9(12)13)5-6-1-3-7(11)4-2-6;10-8(9(11)12)6-7-4-2-1-3-5-7;1-7(10)9(11)8-5-3-2-4-6-8;1-7(9)8-5-3-2-4-6-8;1-3-4-5-6-7(2)8;1-3(2)4(6)5(7)8;1-3(7)4(5)2-6;4-2(1-5)3(6)7;1-3(4)2-5/h1-4,6,9,13H,5,12H2,(H,14,15);1-4,8,11H,5,10H2,(H,12,13);1-5,8H,6,10H2,(H,11,12);2-7,9,11H,10H2,1H3;7-8H,2-6,9H2,1H3;7H,3-6,8H2,1-2H3;3-4H,6H2,1-2H3,(H,7,8);3-4,6-7H,2,5H2,1H3;2,5H,1,4H2,(H,6,7);3,5H,2,4H2,1H3/t9-;2*8-;7-,9-;2*7-;4-;3-,4-;2-;3-/m0000010101/s1. The van der Waals surface area contributed by atoms with Gasteiger partial charge in [0.1, 0.15) is 36.0 Å². The molecule has 1 fully saturated rings. The van der Waals surface area contributed by atoms with E-state index in [0.717, 1.165) is 39.1 Å². The smallest absolute Gasteiger partial charge is 0.322 e. The second-order valence-electron chi connectivity index (χ2n) is 23.4. The normalized spacial score (nSPS) is 15.1. The number of carboxylic acid groups (broad SMARTS) is 5. The Labute approximate surface area is 561 Å². The number of phenolic OH excluding ortho intramolecular Hbond substituents is 1. The van der Waals surface area contributed by atoms with Gasteiger partial charge in [-0.05, 0) is 119 Å². The Morgan fingerprint density at radius 2 is 0.937 bits per heavy atom. The summed E-state index contributed by atoms with van der Waals surface area (Å²) in [6.07, 6.45) is 13.8. The van der Waals surface area contributed by atoms with Crippen molar-refractivity contribution < 1.29 is 80.1 Å². The minimum Gasteiger partial charge on any atom is -0.508 e. The van der Waals surface area contributed by atoms with Crippen LogP contribution in [0, 0.1) is 11.8 Å². The molecular formula is C68H119N11O16. The number of fused-ring (bicyclic) bond motifs is 1. The van der Waals surface area contributed by atoms with Crippen LogP contribution in [0.1, 0.15) is 142 Å². The number of H-pyrrole nitrogens is 1. The van der Waals surface area contributed by atoms with Gasteiger partial charge in [-0.3, -0.25) is 24.0 Å². The minimum absolute atomic E-state index is 0.0208. The van der Waals surface area contributed by atoms with Crippen LogP contribution in [0.5, 0.6) is 5.75 Å². The van der Waals surface area contributed by atoms with Crippen molar-refractivity contribution in [3.8, 4) is 5.75 Å². The Morgan fingerprint density at radius 1 is 0.505 bits per heavy atom. The second-order valence-corrected chi connectivity index (χ2v) is 23.4. The molecule has 0 amide bonds. The predicted octanol–water partition coefficient (Wildman–Crippen LogP) is 3.46. The molecule has 0 radical (unpaired) electrons. The van der Waals surface area contributed by atoms with Crippen LogP contribution in [0.3, 0.4) is 0 Å². The molecule has 95 heavy (non-hydrogen) atoms. The average molecular weight is 1350 g/mol. The van der Waals surface area contributed by atoms with E-state index in [0.29, 0.717) is 24.9 Å². The molecule has 12 atom stereocenters. The van der Waals surface area contributed by atoms with E-state index >= 15 is 0 Å². The third kappa shape index (κ3) is 51.9. The largest absolute Gasteiger partial charge is 0.508 e. The van der Waals surface area contributed by atoms with Gasteiger partial charge >= 0.3 is 29.8 Å². The van der Waals surface area contributed by atoms with Crippen LogP contribution in [0.4, 0.5) is 0 Å². The molecule has 1 aliphatic rings. The number of hydrogen-bond donors (Lipinski definition) is 22. The number of carboxylic acids is 5. The van der Waals surface area contributed by atoms with Gasteiger partial charge in [-0.15, -0.1) is 0 Å². The highest BCUT2D eigenvalue weighted by Crippen LogP contribution is 2.25. The highest BCUT2D eigenvalue weighted by molar-refractivity contribution is 5.84. The van der Waals surface area contributed by atoms with E-state index in [1.807, 2.05) is 91.1 Å². The lowest BCUT2D eigenvalue weighted by Gasteiger charge is -2.24. The molecule has 27 nitrogen and oxygen atoms in total. The van der Waals surface area contributed by atoms with Gasteiger partial charge in [0.05, 0.1) is 38.1 Å². The van der Waals surface area contributed by atoms with E-state index in [-0.39, 0.29) is 43.4 Å². The topological polar surface area (TPSA) is 584 Å². The molecule has 6 rings (SSSR count). The van der Waals surface area contributed by atoms with Gasteiger partial charge in [0.25, 0.3) is 0 Å². The zero-order valence-electron chi connectivity index (χ0n) is 56.9. The van der Waals surface area contributed by atoms with Crippen molar-refractivity contribution in [1.29, 1.82) is 0 Å². The van der Waals surface area contributed by atoms with Crippen LogP contribution >= 0.6 is 0 Å². The number of unbranched alkanes of at least 4 members (excludes halogenated alkanes) is 2. The maximum Gasteiger partial charge on any atom is 0.322 e. The van der Waals surface area contributed by atoms with Crippen LogP contribution in [-0.4, -0.2) is 177 Å². The van der Waals surface area contributed by atoms with Gasteiger partial charge in [0.15, 0.2) is 0 Å². The van der Waals surface area contributed by atoms with Crippen molar-refractivity contribution in [1.82, 2.24) is 4.98 Å². The molecule has 1 saturated carbocycles. The van der Waals surface area contributed by atoms with Crippen LogP contribution in [0.2, 0.25) is 0 Å². The van der Waals surface area contributed by atoms with Gasteiger partial charge in [0, 0.05) is 47.7 Å². The summed E-state index contributed by atoms with van der Waals surface area (Å²) in [7, 11) is 0. The van der Waals surface area contributed by atoms with Crippen molar-refractivity contribution in [2.24, 2.45) is 69.2 Å². The lowest BCUT2D eigenvalue weighted by Crippen LogP contribution is -2.35. The monoisotopic (exact) mass is 1350 g/mol. The third-order valence-electron chi connectivity index (χ3n) is 13.7. The summed E-state index contributed by atoms with van der Waals surface area (Å²) in [5, 5.41) is 94.1. The zero-order chi connectivity index (χ0) is 73.8. The summed E-state index contributed by atoms with van der Waals surface area (Å²) in [5.74, 6) is -4.05. The lowest BCUT2D eigenvalue weighted by atomic mass is 9.85. The molecule has 0 unspecified atom stereocenters. The number of rotatable bonds is 23. The highest BCUT2D eigenvalue weighted by atomic mass is 16.4. The van der Waals surface area contributed by atoms with Crippen molar-refractivity contribution >= 4 is 40.7 Å². The van der Waals surface area contributed by atoms with Crippen molar-refractivity contribution in [3.05, 3.63) is 138 Å². The number of benzene rings is 4. The number of carbonyl (C=O) groups is 5. The van der Waals surface area contributed by atoms with E-state index < -0.39 is 84.9 Å². The van der Waals surface area contributed by atoms with E-state index in [2.05, 4.69) is 25.8 Å². The Morgan fingerprint density at radius 3 is 1.26 bits per heavy atom. The third-order valence-corrected chi connectivity index (χ3v) is 13.7. The molecule has 0 bridgehead atoms. The lowest BCUT2D eigenvalue weighted by molar-refractivity contribution is -0.140. The fourth-order valence-electron chi connectivity index (χ4n) is 7.40. The molecule has 542 valence electrons. The SMILES string of the molecule is CC(C)[C@H](N)C(=O)O.CCCCC[C@@H](C)N.C[C@@H](N)CO.C[C@@H](O)[C@H](N)CO.C[C@H](N)C1CCCCC1.C[C@H](N)[C@H](O)c1ccccc1.N[C@@H](CO)C(=O)O.N[C@@H](Cc1c[nH]c2ccccc12)C(=O)O.N[C@@H](Cc1ccc(O)cc1)C(=O)O.N[C@@H](Cc1ccccc1)C(=O)O. The summed E-state index contributed by atoms with van der Waals surface area (Å²) >= 11 is 0. The molecule has 0 saturated heterocycles. The number of aromatic amines is 1.